The molecule has 5 fully saturated rings. The van der Waals surface area contributed by atoms with E-state index in [1.54, 1.807) is 23.8 Å². The minimum atomic E-state index is -0.739. The third kappa shape index (κ3) is 9.40. The molecule has 16 aliphatic rings. The van der Waals surface area contributed by atoms with Crippen molar-refractivity contribution in [3.8, 4) is 0 Å². The smallest absolute Gasteiger partial charge is 0.306 e. The van der Waals surface area contributed by atoms with E-state index in [9.17, 15) is 20.1 Å². The average molecular weight is 1210 g/mol. The molecule has 15 bridgehead atoms. The highest BCUT2D eigenvalue weighted by Gasteiger charge is 2.81. The number of aliphatic hydroxyl groups is 2. The van der Waals surface area contributed by atoms with Crippen LogP contribution >= 0.6 is 0 Å². The molecule has 3 aromatic carbocycles. The molecule has 3 aromatic rings. The van der Waals surface area contributed by atoms with Gasteiger partial charge in [0.2, 0.25) is 0 Å². The zero-order chi connectivity index (χ0) is 62.0. The van der Waals surface area contributed by atoms with E-state index in [1.807, 2.05) is 0 Å². The molecule has 7 nitrogen and oxygen atoms in total. The topological polar surface area (TPSA) is 111 Å². The van der Waals surface area contributed by atoms with Gasteiger partial charge in [0.15, 0.2) is 0 Å². The number of carbonyl (C=O) groups is 1. The van der Waals surface area contributed by atoms with Crippen molar-refractivity contribution < 1.29 is 24.9 Å². The van der Waals surface area contributed by atoms with Crippen LogP contribution in [-0.4, -0.2) is 60.3 Å². The van der Waals surface area contributed by atoms with Gasteiger partial charge in [0.25, 0.3) is 0 Å². The second-order valence-corrected chi connectivity index (χ2v) is 32.7. The van der Waals surface area contributed by atoms with Crippen LogP contribution in [0.15, 0.2) is 137 Å². The fraction of sp³-hybridized carbons (Fsp3) is 0.602. The quantitative estimate of drug-likeness (QED) is 0.136. The second kappa shape index (κ2) is 23.4. The molecule has 7 heteroatoms. The summed E-state index contributed by atoms with van der Waals surface area (Å²) in [4.78, 5) is 14.8. The van der Waals surface area contributed by atoms with Crippen molar-refractivity contribution in [3.05, 3.63) is 170 Å². The number of benzene rings is 3. The van der Waals surface area contributed by atoms with Crippen LogP contribution in [0.2, 0.25) is 0 Å². The van der Waals surface area contributed by atoms with Crippen LogP contribution in [0.5, 0.6) is 0 Å². The number of allylic oxidation sites excluding steroid dienone is 9. The summed E-state index contributed by atoms with van der Waals surface area (Å²) in [5.41, 5.74) is 13.9. The molecule has 13 unspecified atom stereocenters. The largest absolute Gasteiger partial charge is 0.481 e. The van der Waals surface area contributed by atoms with E-state index >= 15 is 0 Å². The summed E-state index contributed by atoms with van der Waals surface area (Å²) in [5, 5.41) is 49.4. The van der Waals surface area contributed by atoms with Gasteiger partial charge in [0.05, 0.1) is 30.6 Å². The molecular formula is C83H106N2O5. The SMILES string of the molecule is C=C1CCC(C(=O)O)C2C(O)CC34C5=C(CC(CCC36CCC(Cc3ccc(CCOC)cc3)CC6)C24C)C23CCC(O)C4(C)CC=C(CC(C)C)C(C=C6C(=c7ccccc7=CC62)Cc2cccc(c2)C2=CC=C(NCCCC1C1CCCCC1)NC2)(C5)C43. The Bertz CT molecular complexity index is 3600. The van der Waals surface area contributed by atoms with Crippen LogP contribution < -0.4 is 21.1 Å². The molecule has 5 N–H and O–H groups in total. The van der Waals surface area contributed by atoms with Gasteiger partial charge in [-0.15, -0.1) is 0 Å². The number of carboxylic acids is 1. The molecule has 0 saturated heterocycles. The number of dihydropyridines is 1. The fourth-order valence-corrected chi connectivity index (χ4v) is 24.6. The first-order chi connectivity index (χ1) is 43.6. The molecule has 19 rings (SSSR count). The van der Waals surface area contributed by atoms with Crippen LogP contribution in [0, 0.1) is 85.8 Å². The Morgan fingerprint density at radius 3 is 2.39 bits per heavy atom. The molecule has 6 heterocycles. The lowest BCUT2D eigenvalue weighted by Gasteiger charge is -2.77. The number of aliphatic carboxylic acids is 1. The summed E-state index contributed by atoms with van der Waals surface area (Å²) >= 11 is 0. The zero-order valence-electron chi connectivity index (χ0n) is 55.3. The number of methoxy groups -OCH3 is 1. The number of rotatable bonds is 9. The lowest BCUT2D eigenvalue weighted by atomic mass is 9.26. The summed E-state index contributed by atoms with van der Waals surface area (Å²) in [6.45, 7) is 17.3. The lowest BCUT2D eigenvalue weighted by Crippen LogP contribution is -2.71. The van der Waals surface area contributed by atoms with Crippen molar-refractivity contribution in [2.45, 2.75) is 200 Å². The van der Waals surface area contributed by atoms with Crippen molar-refractivity contribution >= 4 is 23.2 Å². The number of carboxylic acid groups (broad SMARTS) is 1. The molecule has 478 valence electrons. The highest BCUT2D eigenvalue weighted by atomic mass is 16.5. The summed E-state index contributed by atoms with van der Waals surface area (Å²) < 4.78 is 5.45. The first kappa shape index (κ1) is 61.0. The Morgan fingerprint density at radius 2 is 1.62 bits per heavy atom. The van der Waals surface area contributed by atoms with E-state index in [2.05, 4.69) is 142 Å². The van der Waals surface area contributed by atoms with E-state index in [4.69, 9.17) is 11.3 Å². The third-order valence-electron chi connectivity index (χ3n) is 28.3. The van der Waals surface area contributed by atoms with Crippen LogP contribution in [0.4, 0.5) is 0 Å². The number of fused-ring (bicyclic) bond motifs is 1. The number of nitrogens with one attached hydrogen (secondary N) is 2. The Hall–Kier alpha value is -5.21. The summed E-state index contributed by atoms with van der Waals surface area (Å²) in [5.74, 6) is 1.75. The Balaban J connectivity index is 0.939. The predicted molar refractivity (Wildman–Crippen MR) is 364 cm³/mol. The van der Waals surface area contributed by atoms with E-state index in [0.717, 1.165) is 135 Å². The van der Waals surface area contributed by atoms with Crippen molar-refractivity contribution in [1.82, 2.24) is 10.6 Å². The standard InChI is InChI=1S/C83H106N2O5/c1-52(2)42-63-31-35-78(4)73(87)33-39-82-69-46-60-17-10-11-19-65(60)67-45-57-14-12-18-59(44-57)61-26-28-74(85-51-61)84-40-13-20-64(58-15-8-7-9-16-58)53(3)21-27-66(76(88)89)75-72(86)50-83-71(49-81(63,77(78)82)48-68(67)69)70(82)47-62(79(75,83)5)32-38-80(83)36-29-56(30-37-80)43-55-24-22-54(23-25-55)34-41-90-6/h10-12,14,17-19,22-26,28,31,44,46,48,52,56,58,62,64,66,69,72-73,75,77,84-87H,3,7-9,13,15-16,20-21,27,29-30,32-43,45,47,49-51H2,1-2,4-6H3,(H,88,89). The maximum atomic E-state index is 14.8. The van der Waals surface area contributed by atoms with Crippen molar-refractivity contribution in [1.29, 1.82) is 0 Å². The van der Waals surface area contributed by atoms with Crippen LogP contribution in [0.1, 0.15) is 191 Å². The van der Waals surface area contributed by atoms with Crippen molar-refractivity contribution in [2.75, 3.05) is 26.8 Å². The molecule has 0 radical (unpaired) electrons. The molecular weight excluding hydrogens is 1100 g/mol. The number of ether oxygens (including phenoxy) is 1. The molecule has 13 atom stereocenters. The van der Waals surface area contributed by atoms with E-state index in [1.165, 1.54) is 87.1 Å². The summed E-state index contributed by atoms with van der Waals surface area (Å²) in [7, 11) is 1.79. The number of aliphatic hydroxyl groups excluding tert-OH is 2. The monoisotopic (exact) mass is 1210 g/mol. The maximum absolute atomic E-state index is 14.8. The first-order valence-electron chi connectivity index (χ1n) is 36.3. The second-order valence-electron chi connectivity index (χ2n) is 32.7. The lowest BCUT2D eigenvalue weighted by molar-refractivity contribution is -0.200. The molecule has 6 aliphatic heterocycles. The maximum Gasteiger partial charge on any atom is 0.306 e. The predicted octanol–water partition coefficient (Wildman–Crippen LogP) is 15.5. The van der Waals surface area contributed by atoms with Gasteiger partial charge < -0.3 is 30.7 Å². The van der Waals surface area contributed by atoms with Crippen LogP contribution in [0.25, 0.3) is 17.2 Å². The highest BCUT2D eigenvalue weighted by Crippen LogP contribution is 2.87. The van der Waals surface area contributed by atoms with Gasteiger partial charge >= 0.3 is 5.97 Å². The van der Waals surface area contributed by atoms with Crippen LogP contribution in [0.3, 0.4) is 0 Å². The van der Waals surface area contributed by atoms with Gasteiger partial charge in [0, 0.05) is 53.7 Å². The molecule has 5 saturated carbocycles. The van der Waals surface area contributed by atoms with Gasteiger partial charge in [-0.1, -0.05) is 173 Å². The first-order valence-corrected chi connectivity index (χ1v) is 36.3. The molecule has 10 aliphatic carbocycles. The van der Waals surface area contributed by atoms with E-state index in [-0.39, 0.29) is 45.3 Å². The number of hydrogen-bond acceptors (Lipinski definition) is 6. The van der Waals surface area contributed by atoms with Gasteiger partial charge in [-0.25, -0.2) is 0 Å². The van der Waals surface area contributed by atoms with Crippen LogP contribution in [-0.2, 0) is 28.8 Å². The van der Waals surface area contributed by atoms with Gasteiger partial charge in [0.1, 0.15) is 0 Å². The average Bonchev–Trinajstić information content (AvgIpc) is 1.06. The highest BCUT2D eigenvalue weighted by molar-refractivity contribution is 5.78. The van der Waals surface area contributed by atoms with Gasteiger partial charge in [-0.2, -0.15) is 0 Å². The van der Waals surface area contributed by atoms with Gasteiger partial charge in [-0.3, -0.25) is 4.79 Å². The summed E-state index contributed by atoms with van der Waals surface area (Å²) in [6.07, 6.45) is 37.0. The minimum Gasteiger partial charge on any atom is -0.481 e. The summed E-state index contributed by atoms with van der Waals surface area (Å²) in [6, 6.07) is 28.2. The fourth-order valence-electron chi connectivity index (χ4n) is 24.6. The Kier molecular flexibility index (Phi) is 15.8. The van der Waals surface area contributed by atoms with E-state index in [0.29, 0.717) is 42.9 Å². The molecule has 0 aromatic heterocycles. The van der Waals surface area contributed by atoms with E-state index < -0.39 is 34.9 Å². The zero-order valence-corrected chi connectivity index (χ0v) is 55.3. The normalized spacial score (nSPS) is 38.8. The third-order valence-corrected chi connectivity index (χ3v) is 28.3. The molecule has 3 spiro atoms. The molecule has 90 heavy (non-hydrogen) atoms. The minimum absolute atomic E-state index is 0.0918. The number of hydrogen-bond donors (Lipinski definition) is 5. The van der Waals surface area contributed by atoms with Crippen molar-refractivity contribution in [3.63, 3.8) is 0 Å². The van der Waals surface area contributed by atoms with Gasteiger partial charge in [-0.05, 0) is 243 Å². The molecule has 0 amide bonds. The Morgan fingerprint density at radius 1 is 0.833 bits per heavy atom. The van der Waals surface area contributed by atoms with Crippen molar-refractivity contribution in [2.24, 2.45) is 85.8 Å². The Labute approximate surface area is 538 Å².